The number of hydrogen-bond donors (Lipinski definition) is 2. The van der Waals surface area contributed by atoms with Crippen LogP contribution in [0.2, 0.25) is 0 Å². The minimum atomic E-state index is -1.04. The van der Waals surface area contributed by atoms with Crippen molar-refractivity contribution in [2.24, 2.45) is 0 Å². The van der Waals surface area contributed by atoms with Crippen LogP contribution in [0, 0.1) is 10.1 Å². The maximum atomic E-state index is 10.8. The van der Waals surface area contributed by atoms with Gasteiger partial charge in [0.15, 0.2) is 0 Å². The second-order valence-electron chi connectivity index (χ2n) is 4.02. The molecule has 102 valence electrons. The molecule has 7 nitrogen and oxygen atoms in total. The summed E-state index contributed by atoms with van der Waals surface area (Å²) in [5.74, 6) is -0.637. The molecule has 20 heavy (non-hydrogen) atoms. The molecule has 0 amide bonds. The molecule has 0 spiro atoms. The van der Waals surface area contributed by atoms with Crippen molar-refractivity contribution < 1.29 is 14.8 Å². The largest absolute Gasteiger partial charge is 0.478 e. The summed E-state index contributed by atoms with van der Waals surface area (Å²) in [4.78, 5) is 25.0. The zero-order chi connectivity index (χ0) is 14.5. The van der Waals surface area contributed by atoms with Crippen molar-refractivity contribution in [2.75, 3.05) is 5.32 Å². The van der Waals surface area contributed by atoms with Crippen LogP contribution in [0.25, 0.3) is 0 Å². The Bertz CT molecular complexity index is 600. The first-order valence-electron chi connectivity index (χ1n) is 5.73. The van der Waals surface area contributed by atoms with Crippen LogP contribution >= 0.6 is 0 Å². The Hall–Kier alpha value is -2.96. The summed E-state index contributed by atoms with van der Waals surface area (Å²) in [5.41, 5.74) is 0.847. The Morgan fingerprint density at radius 1 is 1.35 bits per heavy atom. The van der Waals surface area contributed by atoms with Gasteiger partial charge in [-0.15, -0.1) is 0 Å². The zero-order valence-corrected chi connectivity index (χ0v) is 10.3. The molecule has 1 aromatic heterocycles. The van der Waals surface area contributed by atoms with E-state index in [4.69, 9.17) is 5.11 Å². The Kier molecular flexibility index (Phi) is 3.90. The second-order valence-corrected chi connectivity index (χ2v) is 4.02. The summed E-state index contributed by atoms with van der Waals surface area (Å²) in [6.45, 7) is 0.317. The molecule has 1 heterocycles. The van der Waals surface area contributed by atoms with E-state index in [1.807, 2.05) is 0 Å². The number of nitrogens with one attached hydrogen (secondary N) is 1. The molecule has 0 fully saturated rings. The molecule has 0 bridgehead atoms. The number of carboxylic acids is 1. The van der Waals surface area contributed by atoms with Crippen LogP contribution in [0.3, 0.4) is 0 Å². The summed E-state index contributed by atoms with van der Waals surface area (Å²) < 4.78 is 0. The number of pyridine rings is 1. The molecule has 0 saturated heterocycles. The van der Waals surface area contributed by atoms with Crippen molar-refractivity contribution >= 4 is 17.5 Å². The summed E-state index contributed by atoms with van der Waals surface area (Å²) in [7, 11) is 0. The number of nitrogens with zero attached hydrogens (tertiary/aromatic N) is 2. The molecular formula is C13H11N3O4. The van der Waals surface area contributed by atoms with Crippen LogP contribution in [0.5, 0.6) is 0 Å². The third-order valence-electron chi connectivity index (χ3n) is 2.60. The molecular weight excluding hydrogens is 262 g/mol. The van der Waals surface area contributed by atoms with Crippen LogP contribution in [-0.4, -0.2) is 21.0 Å². The van der Waals surface area contributed by atoms with Gasteiger partial charge in [0.1, 0.15) is 5.82 Å². The van der Waals surface area contributed by atoms with Gasteiger partial charge in [0.05, 0.1) is 10.5 Å². The molecule has 0 aliphatic rings. The number of aromatic carboxylic acids is 1. The number of rotatable bonds is 5. The van der Waals surface area contributed by atoms with Crippen LogP contribution < -0.4 is 5.32 Å². The number of carbonyl (C=O) groups is 1. The topological polar surface area (TPSA) is 105 Å². The lowest BCUT2D eigenvalue weighted by molar-refractivity contribution is -0.384. The van der Waals surface area contributed by atoms with Crippen LogP contribution in [0.15, 0.2) is 42.6 Å². The molecule has 0 atom stereocenters. The number of nitro benzene ring substituents is 1. The maximum Gasteiger partial charge on any atom is 0.335 e. The smallest absolute Gasteiger partial charge is 0.335 e. The number of anilines is 1. The molecule has 2 rings (SSSR count). The first kappa shape index (κ1) is 13.5. The molecule has 2 N–H and O–H groups in total. The zero-order valence-electron chi connectivity index (χ0n) is 10.3. The number of non-ortho nitro benzene ring substituents is 1. The summed E-state index contributed by atoms with van der Waals surface area (Å²) >= 11 is 0. The summed E-state index contributed by atoms with van der Waals surface area (Å²) in [5, 5.41) is 22.4. The third-order valence-corrected chi connectivity index (χ3v) is 2.60. The lowest BCUT2D eigenvalue weighted by Gasteiger charge is -2.06. The van der Waals surface area contributed by atoms with Gasteiger partial charge in [0, 0.05) is 24.9 Å². The van der Waals surface area contributed by atoms with E-state index in [0.29, 0.717) is 17.9 Å². The summed E-state index contributed by atoms with van der Waals surface area (Å²) in [6, 6.07) is 8.98. The van der Waals surface area contributed by atoms with E-state index in [2.05, 4.69) is 10.3 Å². The number of aromatic nitrogens is 1. The molecule has 0 unspecified atom stereocenters. The Morgan fingerprint density at radius 3 is 2.85 bits per heavy atom. The van der Waals surface area contributed by atoms with Crippen LogP contribution in [-0.2, 0) is 6.54 Å². The third kappa shape index (κ3) is 3.29. The highest BCUT2D eigenvalue weighted by Crippen LogP contribution is 2.14. The van der Waals surface area contributed by atoms with Crippen molar-refractivity contribution in [3.63, 3.8) is 0 Å². The summed E-state index contributed by atoms with van der Waals surface area (Å²) in [6.07, 6.45) is 1.39. The van der Waals surface area contributed by atoms with Gasteiger partial charge in [0.2, 0.25) is 0 Å². The van der Waals surface area contributed by atoms with Crippen molar-refractivity contribution in [3.05, 3.63) is 63.8 Å². The van der Waals surface area contributed by atoms with E-state index in [-0.39, 0.29) is 11.3 Å². The molecule has 0 saturated carbocycles. The number of carboxylic acid groups (broad SMARTS) is 1. The van der Waals surface area contributed by atoms with Crippen molar-refractivity contribution in [1.29, 1.82) is 0 Å². The minimum Gasteiger partial charge on any atom is -0.478 e. The van der Waals surface area contributed by atoms with Gasteiger partial charge in [0.25, 0.3) is 5.69 Å². The molecule has 0 radical (unpaired) electrons. The fourth-order valence-electron chi connectivity index (χ4n) is 1.63. The van der Waals surface area contributed by atoms with E-state index in [1.54, 1.807) is 12.1 Å². The first-order valence-corrected chi connectivity index (χ1v) is 5.73. The molecule has 1 aromatic carbocycles. The van der Waals surface area contributed by atoms with Crippen LogP contribution in [0.4, 0.5) is 11.5 Å². The van der Waals surface area contributed by atoms with Gasteiger partial charge < -0.3 is 10.4 Å². The highest BCUT2D eigenvalue weighted by atomic mass is 16.6. The van der Waals surface area contributed by atoms with E-state index in [9.17, 15) is 14.9 Å². The number of nitro groups is 1. The number of hydrogen-bond acceptors (Lipinski definition) is 5. The van der Waals surface area contributed by atoms with Crippen molar-refractivity contribution in [3.8, 4) is 0 Å². The Labute approximate surface area is 114 Å². The second kappa shape index (κ2) is 5.79. The maximum absolute atomic E-state index is 10.8. The van der Waals surface area contributed by atoms with Gasteiger partial charge in [-0.1, -0.05) is 12.1 Å². The SMILES string of the molecule is O=C(O)c1ccnc(NCc2cccc([N+](=O)[O-])c2)c1. The highest BCUT2D eigenvalue weighted by Gasteiger charge is 2.07. The van der Waals surface area contributed by atoms with Gasteiger partial charge in [-0.05, 0) is 17.7 Å². The fraction of sp³-hybridized carbons (Fsp3) is 0.0769. The quantitative estimate of drug-likeness (QED) is 0.639. The Morgan fingerprint density at radius 2 is 2.15 bits per heavy atom. The standard InChI is InChI=1S/C13H11N3O4/c17-13(18)10-4-5-14-12(7-10)15-8-9-2-1-3-11(6-9)16(19)20/h1-7H,8H2,(H,14,15)(H,17,18). The van der Waals surface area contributed by atoms with Gasteiger partial charge in [-0.3, -0.25) is 10.1 Å². The van der Waals surface area contributed by atoms with Crippen molar-refractivity contribution in [2.45, 2.75) is 6.54 Å². The predicted octanol–water partition coefficient (Wildman–Crippen LogP) is 2.30. The predicted molar refractivity (Wildman–Crippen MR) is 71.6 cm³/mol. The van der Waals surface area contributed by atoms with Crippen molar-refractivity contribution in [1.82, 2.24) is 4.98 Å². The minimum absolute atomic E-state index is 0.0107. The monoisotopic (exact) mass is 273 g/mol. The highest BCUT2D eigenvalue weighted by molar-refractivity contribution is 5.88. The van der Waals surface area contributed by atoms with Gasteiger partial charge in [-0.25, -0.2) is 9.78 Å². The van der Waals surface area contributed by atoms with Gasteiger partial charge in [-0.2, -0.15) is 0 Å². The molecule has 0 aliphatic carbocycles. The average Bonchev–Trinajstić information content (AvgIpc) is 2.45. The van der Waals surface area contributed by atoms with Gasteiger partial charge >= 0.3 is 5.97 Å². The molecule has 7 heteroatoms. The normalized spacial score (nSPS) is 10.0. The van der Waals surface area contributed by atoms with Crippen LogP contribution in [0.1, 0.15) is 15.9 Å². The number of benzene rings is 1. The lowest BCUT2D eigenvalue weighted by Crippen LogP contribution is -2.04. The van der Waals surface area contributed by atoms with E-state index in [0.717, 1.165) is 0 Å². The fourth-order valence-corrected chi connectivity index (χ4v) is 1.63. The molecule has 0 aliphatic heterocycles. The van der Waals surface area contributed by atoms with E-state index >= 15 is 0 Å². The average molecular weight is 273 g/mol. The molecule has 2 aromatic rings. The Balaban J connectivity index is 2.08. The van der Waals surface area contributed by atoms with E-state index < -0.39 is 10.9 Å². The first-order chi connectivity index (χ1) is 9.56. The van der Waals surface area contributed by atoms with E-state index in [1.165, 1.54) is 30.5 Å². The lowest BCUT2D eigenvalue weighted by atomic mass is 10.2.